The van der Waals surface area contributed by atoms with Gasteiger partial charge in [0.1, 0.15) is 17.4 Å². The Kier molecular flexibility index (Phi) is 3.10. The smallest absolute Gasteiger partial charge is 0.342 e. The van der Waals surface area contributed by atoms with Crippen LogP contribution in [0.25, 0.3) is 0 Å². The van der Waals surface area contributed by atoms with Crippen LogP contribution < -0.4 is 10.1 Å². The van der Waals surface area contributed by atoms with Gasteiger partial charge < -0.3 is 14.8 Å². The van der Waals surface area contributed by atoms with Gasteiger partial charge in [-0.2, -0.15) is 0 Å². The SMILES string of the molecule is CNCC1Cc2cccc(OC)c2C(=O)O1. The van der Waals surface area contributed by atoms with Crippen LogP contribution >= 0.6 is 0 Å². The van der Waals surface area contributed by atoms with Crippen molar-refractivity contribution in [2.75, 3.05) is 20.7 Å². The van der Waals surface area contributed by atoms with E-state index in [1.54, 1.807) is 13.2 Å². The summed E-state index contributed by atoms with van der Waals surface area (Å²) < 4.78 is 10.5. The van der Waals surface area contributed by atoms with Crippen LogP contribution in [0.1, 0.15) is 15.9 Å². The molecular weight excluding hydrogens is 206 g/mol. The lowest BCUT2D eigenvalue weighted by molar-refractivity contribution is 0.0259. The molecule has 1 heterocycles. The summed E-state index contributed by atoms with van der Waals surface area (Å²) in [6.45, 7) is 0.669. The van der Waals surface area contributed by atoms with Gasteiger partial charge in [0.15, 0.2) is 0 Å². The minimum Gasteiger partial charge on any atom is -0.496 e. The van der Waals surface area contributed by atoms with E-state index in [0.717, 1.165) is 12.0 Å². The number of carbonyl (C=O) groups is 1. The second-order valence-corrected chi connectivity index (χ2v) is 3.78. The number of hydrogen-bond donors (Lipinski definition) is 1. The van der Waals surface area contributed by atoms with E-state index in [4.69, 9.17) is 9.47 Å². The quantitative estimate of drug-likeness (QED) is 0.773. The van der Waals surface area contributed by atoms with Crippen LogP contribution in [0.2, 0.25) is 0 Å². The summed E-state index contributed by atoms with van der Waals surface area (Å²) >= 11 is 0. The minimum absolute atomic E-state index is 0.0860. The normalized spacial score (nSPS) is 18.9. The summed E-state index contributed by atoms with van der Waals surface area (Å²) in [6, 6.07) is 5.62. The zero-order chi connectivity index (χ0) is 11.5. The molecule has 1 aromatic rings. The molecule has 1 aromatic carbocycles. The van der Waals surface area contributed by atoms with Crippen molar-refractivity contribution in [3.8, 4) is 5.75 Å². The van der Waals surface area contributed by atoms with Gasteiger partial charge in [-0.25, -0.2) is 4.79 Å². The van der Waals surface area contributed by atoms with E-state index in [-0.39, 0.29) is 12.1 Å². The Bertz CT molecular complexity index is 403. The highest BCUT2D eigenvalue weighted by Crippen LogP contribution is 2.28. The van der Waals surface area contributed by atoms with Gasteiger partial charge in [-0.05, 0) is 18.7 Å². The molecule has 0 saturated heterocycles. The van der Waals surface area contributed by atoms with Crippen molar-refractivity contribution in [3.05, 3.63) is 29.3 Å². The third kappa shape index (κ3) is 1.88. The Labute approximate surface area is 94.6 Å². The van der Waals surface area contributed by atoms with E-state index in [1.807, 2.05) is 19.2 Å². The summed E-state index contributed by atoms with van der Waals surface area (Å²) in [4.78, 5) is 11.8. The molecule has 0 saturated carbocycles. The molecule has 0 spiro atoms. The van der Waals surface area contributed by atoms with E-state index in [0.29, 0.717) is 17.9 Å². The number of likely N-dealkylation sites (N-methyl/N-ethyl adjacent to an activating group) is 1. The maximum atomic E-state index is 11.8. The fourth-order valence-corrected chi connectivity index (χ4v) is 1.99. The molecule has 0 radical (unpaired) electrons. The number of methoxy groups -OCH3 is 1. The predicted octanol–water partition coefficient (Wildman–Crippen LogP) is 0.996. The van der Waals surface area contributed by atoms with Crippen LogP contribution in [0.15, 0.2) is 18.2 Å². The first-order valence-electron chi connectivity index (χ1n) is 5.27. The second kappa shape index (κ2) is 4.53. The van der Waals surface area contributed by atoms with Crippen LogP contribution in [0.3, 0.4) is 0 Å². The van der Waals surface area contributed by atoms with Crippen molar-refractivity contribution in [2.24, 2.45) is 0 Å². The van der Waals surface area contributed by atoms with Crippen molar-refractivity contribution in [1.29, 1.82) is 0 Å². The highest BCUT2D eigenvalue weighted by molar-refractivity contribution is 5.95. The first-order chi connectivity index (χ1) is 7.76. The summed E-state index contributed by atoms with van der Waals surface area (Å²) in [5.41, 5.74) is 1.56. The predicted molar refractivity (Wildman–Crippen MR) is 59.8 cm³/mol. The van der Waals surface area contributed by atoms with E-state index in [1.165, 1.54) is 0 Å². The zero-order valence-electron chi connectivity index (χ0n) is 9.45. The first kappa shape index (κ1) is 11.0. The second-order valence-electron chi connectivity index (χ2n) is 3.78. The number of fused-ring (bicyclic) bond motifs is 1. The summed E-state index contributed by atoms with van der Waals surface area (Å²) in [5, 5.41) is 3.01. The topological polar surface area (TPSA) is 47.6 Å². The third-order valence-corrected chi connectivity index (χ3v) is 2.69. The molecule has 1 N–H and O–H groups in total. The van der Waals surface area contributed by atoms with Gasteiger partial charge in [0.25, 0.3) is 0 Å². The molecule has 4 heteroatoms. The maximum Gasteiger partial charge on any atom is 0.342 e. The number of hydrogen-bond acceptors (Lipinski definition) is 4. The molecule has 0 amide bonds. The van der Waals surface area contributed by atoms with E-state index in [2.05, 4.69) is 5.32 Å². The fraction of sp³-hybridized carbons (Fsp3) is 0.417. The van der Waals surface area contributed by atoms with Crippen molar-refractivity contribution >= 4 is 5.97 Å². The van der Waals surface area contributed by atoms with E-state index in [9.17, 15) is 4.79 Å². The Balaban J connectivity index is 2.34. The average Bonchev–Trinajstić information content (AvgIpc) is 2.28. The van der Waals surface area contributed by atoms with E-state index >= 15 is 0 Å². The highest BCUT2D eigenvalue weighted by Gasteiger charge is 2.28. The molecular formula is C12H15NO3. The lowest BCUT2D eigenvalue weighted by Crippen LogP contribution is -2.35. The van der Waals surface area contributed by atoms with Crippen LogP contribution in [-0.4, -0.2) is 32.8 Å². The molecule has 1 atom stereocenters. The maximum absolute atomic E-state index is 11.8. The lowest BCUT2D eigenvalue weighted by Gasteiger charge is -2.25. The number of benzene rings is 1. The van der Waals surface area contributed by atoms with Gasteiger partial charge in [0, 0.05) is 13.0 Å². The van der Waals surface area contributed by atoms with Gasteiger partial charge in [-0.3, -0.25) is 0 Å². The number of nitrogens with one attached hydrogen (secondary N) is 1. The number of carbonyl (C=O) groups excluding carboxylic acids is 1. The van der Waals surface area contributed by atoms with Crippen molar-refractivity contribution in [3.63, 3.8) is 0 Å². The number of cyclic esters (lactones) is 1. The standard InChI is InChI=1S/C12H15NO3/c1-13-7-9-6-8-4-3-5-10(15-2)11(8)12(14)16-9/h3-5,9,13H,6-7H2,1-2H3. The first-order valence-corrected chi connectivity index (χ1v) is 5.27. The number of ether oxygens (including phenoxy) is 2. The lowest BCUT2D eigenvalue weighted by atomic mass is 9.98. The molecule has 1 unspecified atom stereocenters. The molecule has 2 rings (SSSR count). The minimum atomic E-state index is -0.293. The Hall–Kier alpha value is -1.55. The molecule has 0 bridgehead atoms. The van der Waals surface area contributed by atoms with Crippen LogP contribution in [0.4, 0.5) is 0 Å². The summed E-state index contributed by atoms with van der Waals surface area (Å²) in [5.74, 6) is 0.296. The largest absolute Gasteiger partial charge is 0.496 e. The van der Waals surface area contributed by atoms with Gasteiger partial charge in [-0.15, -0.1) is 0 Å². The number of rotatable bonds is 3. The monoisotopic (exact) mass is 221 g/mol. The average molecular weight is 221 g/mol. The molecule has 1 aliphatic rings. The number of esters is 1. The Morgan fingerprint density at radius 1 is 1.56 bits per heavy atom. The van der Waals surface area contributed by atoms with Crippen molar-refractivity contribution < 1.29 is 14.3 Å². The third-order valence-electron chi connectivity index (χ3n) is 2.69. The van der Waals surface area contributed by atoms with Crippen molar-refractivity contribution in [1.82, 2.24) is 5.32 Å². The molecule has 0 fully saturated rings. The van der Waals surface area contributed by atoms with Crippen LogP contribution in [-0.2, 0) is 11.2 Å². The van der Waals surface area contributed by atoms with E-state index < -0.39 is 0 Å². The molecule has 0 aliphatic carbocycles. The van der Waals surface area contributed by atoms with Gasteiger partial charge in [0.2, 0.25) is 0 Å². The molecule has 1 aliphatic heterocycles. The molecule has 0 aromatic heterocycles. The molecule has 4 nitrogen and oxygen atoms in total. The molecule has 86 valence electrons. The van der Waals surface area contributed by atoms with Crippen molar-refractivity contribution in [2.45, 2.75) is 12.5 Å². The summed E-state index contributed by atoms with van der Waals surface area (Å²) in [6.07, 6.45) is 0.649. The highest BCUT2D eigenvalue weighted by atomic mass is 16.5. The Morgan fingerprint density at radius 2 is 2.38 bits per heavy atom. The van der Waals surface area contributed by atoms with Gasteiger partial charge >= 0.3 is 5.97 Å². The molecule has 16 heavy (non-hydrogen) atoms. The zero-order valence-corrected chi connectivity index (χ0v) is 9.45. The fourth-order valence-electron chi connectivity index (χ4n) is 1.99. The van der Waals surface area contributed by atoms with Gasteiger partial charge in [-0.1, -0.05) is 12.1 Å². The van der Waals surface area contributed by atoms with Gasteiger partial charge in [0.05, 0.1) is 7.11 Å². The van der Waals surface area contributed by atoms with Crippen LogP contribution in [0.5, 0.6) is 5.75 Å². The summed E-state index contributed by atoms with van der Waals surface area (Å²) in [7, 11) is 3.40. The Morgan fingerprint density at radius 3 is 3.06 bits per heavy atom. The van der Waals surface area contributed by atoms with Crippen LogP contribution in [0, 0.1) is 0 Å².